The zero-order chi connectivity index (χ0) is 18.9. The van der Waals surface area contributed by atoms with Crippen molar-refractivity contribution < 1.29 is 13.6 Å². The maximum absolute atomic E-state index is 13.7. The number of carbonyl (C=O) groups is 1. The van der Waals surface area contributed by atoms with Crippen LogP contribution in [0.4, 0.5) is 8.78 Å². The minimum absolute atomic E-state index is 0.0336. The highest BCUT2D eigenvalue weighted by Gasteiger charge is 2.08. The maximum atomic E-state index is 13.7. The minimum Gasteiger partial charge on any atom is -0.356 e. The Balaban J connectivity index is 2.00. The smallest absolute Gasteiger partial charge is 0.241 e. The van der Waals surface area contributed by atoms with E-state index in [4.69, 9.17) is 0 Å². The van der Waals surface area contributed by atoms with Gasteiger partial charge in [0.1, 0.15) is 11.6 Å². The largest absolute Gasteiger partial charge is 0.356 e. The van der Waals surface area contributed by atoms with Gasteiger partial charge in [-0.05, 0) is 36.1 Å². The summed E-state index contributed by atoms with van der Waals surface area (Å²) >= 11 is 1.66. The third-order valence-corrected chi connectivity index (χ3v) is 4.50. The Morgan fingerprint density at radius 3 is 2.73 bits per heavy atom. The van der Waals surface area contributed by atoms with Gasteiger partial charge < -0.3 is 15.5 Å². The van der Waals surface area contributed by atoms with Crippen LogP contribution in [0.3, 0.4) is 0 Å². The fraction of sp³-hybridized carbons (Fsp3) is 0.333. The molecule has 0 spiro atoms. The summed E-state index contributed by atoms with van der Waals surface area (Å²) in [5.41, 5.74) is 0.156. The molecule has 0 radical (unpaired) electrons. The van der Waals surface area contributed by atoms with Crippen molar-refractivity contribution in [3.8, 4) is 0 Å². The Hall–Kier alpha value is -2.48. The zero-order valence-corrected chi connectivity index (χ0v) is 15.6. The van der Waals surface area contributed by atoms with Crippen molar-refractivity contribution in [1.29, 1.82) is 0 Å². The molecule has 1 aromatic heterocycles. The van der Waals surface area contributed by atoms with E-state index in [1.807, 2.05) is 17.5 Å². The van der Waals surface area contributed by atoms with Gasteiger partial charge in [-0.1, -0.05) is 6.07 Å². The number of likely N-dealkylation sites (N-methyl/N-ethyl adjacent to an activating group) is 1. The summed E-state index contributed by atoms with van der Waals surface area (Å²) in [6, 6.07) is 7.28. The second kappa shape index (κ2) is 9.86. The van der Waals surface area contributed by atoms with Crippen LogP contribution in [0.2, 0.25) is 0 Å². The number of thiophene rings is 1. The van der Waals surface area contributed by atoms with Gasteiger partial charge in [0, 0.05) is 31.1 Å². The van der Waals surface area contributed by atoms with Gasteiger partial charge in [-0.15, -0.1) is 11.3 Å². The van der Waals surface area contributed by atoms with Gasteiger partial charge >= 0.3 is 0 Å². The quantitative estimate of drug-likeness (QED) is 0.573. The Bertz CT molecular complexity index is 748. The standard InChI is InChI=1S/C18H22F2N4OS/c1-24(2)17(25)12-23-18(21-8-7-15-4-3-9-26-15)22-11-13-10-14(19)5-6-16(13)20/h3-6,9-10H,7-8,11-12H2,1-2H3,(H2,21,22,23). The lowest BCUT2D eigenvalue weighted by Gasteiger charge is -2.15. The van der Waals surface area contributed by atoms with Crippen LogP contribution in [0, 0.1) is 11.6 Å². The molecule has 0 atom stereocenters. The molecule has 0 fully saturated rings. The lowest BCUT2D eigenvalue weighted by molar-refractivity contribution is -0.127. The summed E-state index contributed by atoms with van der Waals surface area (Å²) in [6.07, 6.45) is 0.800. The molecule has 0 saturated heterocycles. The minimum atomic E-state index is -0.516. The number of guanidine groups is 1. The molecular weight excluding hydrogens is 358 g/mol. The number of hydrogen-bond acceptors (Lipinski definition) is 3. The molecular formula is C18H22F2N4OS. The Labute approximate surface area is 155 Å². The fourth-order valence-electron chi connectivity index (χ4n) is 2.08. The van der Waals surface area contributed by atoms with E-state index in [-0.39, 0.29) is 24.6 Å². The number of nitrogens with zero attached hydrogens (tertiary/aromatic N) is 2. The van der Waals surface area contributed by atoms with Crippen molar-refractivity contribution in [2.45, 2.75) is 13.0 Å². The molecule has 0 unspecified atom stereocenters. The number of benzene rings is 1. The third-order valence-electron chi connectivity index (χ3n) is 3.57. The molecule has 2 N–H and O–H groups in total. The second-order valence-corrected chi connectivity index (χ2v) is 6.83. The first-order valence-electron chi connectivity index (χ1n) is 8.14. The highest BCUT2D eigenvalue weighted by atomic mass is 32.1. The number of halogens is 2. The summed E-state index contributed by atoms with van der Waals surface area (Å²) in [5.74, 6) is -0.771. The third kappa shape index (κ3) is 6.44. The van der Waals surface area contributed by atoms with Crippen LogP contribution in [-0.2, 0) is 17.8 Å². The van der Waals surface area contributed by atoms with Crippen molar-refractivity contribution in [2.75, 3.05) is 27.2 Å². The Morgan fingerprint density at radius 1 is 1.23 bits per heavy atom. The highest BCUT2D eigenvalue weighted by molar-refractivity contribution is 7.09. The number of aliphatic imine (C=N–C) groups is 1. The molecule has 0 aliphatic heterocycles. The van der Waals surface area contributed by atoms with Gasteiger partial charge in [-0.25, -0.2) is 13.8 Å². The number of rotatable bonds is 7. The first kappa shape index (κ1) is 19.8. The van der Waals surface area contributed by atoms with E-state index in [2.05, 4.69) is 15.6 Å². The fourth-order valence-corrected chi connectivity index (χ4v) is 2.79. The number of amides is 1. The van der Waals surface area contributed by atoms with Crippen LogP contribution in [0.25, 0.3) is 0 Å². The molecule has 0 saturated carbocycles. The van der Waals surface area contributed by atoms with E-state index >= 15 is 0 Å². The monoisotopic (exact) mass is 380 g/mol. The predicted octanol–water partition coefficient (Wildman–Crippen LogP) is 2.39. The van der Waals surface area contributed by atoms with E-state index in [1.165, 1.54) is 9.78 Å². The number of hydrogen-bond donors (Lipinski definition) is 2. The molecule has 26 heavy (non-hydrogen) atoms. The summed E-state index contributed by atoms with van der Waals surface area (Å²) in [6.45, 7) is 0.631. The van der Waals surface area contributed by atoms with Crippen molar-refractivity contribution in [2.24, 2.45) is 4.99 Å². The first-order chi connectivity index (χ1) is 12.5. The first-order valence-corrected chi connectivity index (χ1v) is 9.02. The highest BCUT2D eigenvalue weighted by Crippen LogP contribution is 2.11. The van der Waals surface area contributed by atoms with Gasteiger partial charge in [-0.2, -0.15) is 0 Å². The van der Waals surface area contributed by atoms with Crippen LogP contribution >= 0.6 is 11.3 Å². The lowest BCUT2D eigenvalue weighted by atomic mass is 10.2. The molecule has 8 heteroatoms. The van der Waals surface area contributed by atoms with Gasteiger partial charge in [0.2, 0.25) is 5.91 Å². The molecule has 2 aromatic rings. The van der Waals surface area contributed by atoms with E-state index in [0.717, 1.165) is 24.6 Å². The number of carbonyl (C=O) groups excluding carboxylic acids is 1. The van der Waals surface area contributed by atoms with E-state index in [1.54, 1.807) is 25.4 Å². The molecule has 140 valence electrons. The second-order valence-electron chi connectivity index (χ2n) is 5.80. The summed E-state index contributed by atoms with van der Waals surface area (Å²) in [4.78, 5) is 18.7. The zero-order valence-electron chi connectivity index (χ0n) is 14.8. The average molecular weight is 380 g/mol. The van der Waals surface area contributed by atoms with E-state index in [9.17, 15) is 13.6 Å². The predicted molar refractivity (Wildman–Crippen MR) is 100 cm³/mol. The normalized spacial score (nSPS) is 11.3. The van der Waals surface area contributed by atoms with Crippen molar-refractivity contribution in [1.82, 2.24) is 15.5 Å². The van der Waals surface area contributed by atoms with Gasteiger partial charge in [0.25, 0.3) is 0 Å². The van der Waals surface area contributed by atoms with E-state index in [0.29, 0.717) is 12.5 Å². The molecule has 0 aliphatic carbocycles. The molecule has 2 rings (SSSR count). The van der Waals surface area contributed by atoms with Gasteiger partial charge in [0.15, 0.2) is 5.96 Å². The van der Waals surface area contributed by atoms with Crippen LogP contribution in [0.15, 0.2) is 40.7 Å². The SMILES string of the molecule is CN(C)C(=O)CNC(=NCc1cc(F)ccc1F)NCCc1cccs1. The molecule has 0 bridgehead atoms. The Kier molecular flexibility index (Phi) is 7.53. The summed E-state index contributed by atoms with van der Waals surface area (Å²) < 4.78 is 27.0. The van der Waals surface area contributed by atoms with Crippen LogP contribution in [0.1, 0.15) is 10.4 Å². The number of nitrogens with one attached hydrogen (secondary N) is 2. The van der Waals surface area contributed by atoms with Crippen molar-refractivity contribution >= 4 is 23.2 Å². The summed E-state index contributed by atoms with van der Waals surface area (Å²) in [7, 11) is 3.32. The van der Waals surface area contributed by atoms with Gasteiger partial charge in [-0.3, -0.25) is 4.79 Å². The molecule has 1 heterocycles. The molecule has 0 aliphatic rings. The van der Waals surface area contributed by atoms with Crippen LogP contribution < -0.4 is 10.6 Å². The lowest BCUT2D eigenvalue weighted by Crippen LogP contribution is -2.43. The average Bonchev–Trinajstić information content (AvgIpc) is 3.12. The topological polar surface area (TPSA) is 56.7 Å². The van der Waals surface area contributed by atoms with Gasteiger partial charge in [0.05, 0.1) is 13.1 Å². The summed E-state index contributed by atoms with van der Waals surface area (Å²) in [5, 5.41) is 8.04. The van der Waals surface area contributed by atoms with Crippen LogP contribution in [0.5, 0.6) is 0 Å². The maximum Gasteiger partial charge on any atom is 0.241 e. The molecule has 1 amide bonds. The van der Waals surface area contributed by atoms with Crippen LogP contribution in [-0.4, -0.2) is 44.0 Å². The van der Waals surface area contributed by atoms with E-state index < -0.39 is 11.6 Å². The Morgan fingerprint density at radius 2 is 2.04 bits per heavy atom. The van der Waals surface area contributed by atoms with Crippen molar-refractivity contribution in [3.05, 3.63) is 57.8 Å². The van der Waals surface area contributed by atoms with Crippen molar-refractivity contribution in [3.63, 3.8) is 0 Å². The molecule has 1 aromatic carbocycles. The molecule has 5 nitrogen and oxygen atoms in total.